The number of nitrogens with zero attached hydrogens (tertiary/aromatic N) is 1. The standard InChI is InChI=1S/C11H12N2O2.C4H9N/c1-2-9-7-10(11(14)12-8-9)13-3-5-15-6-4-13;1-2-4-5-3-1/h1,7-8H,3-6H2,(H,12,14);5H,1-4H2. The van der Waals surface area contributed by atoms with E-state index in [0.717, 1.165) is 13.1 Å². The zero-order valence-corrected chi connectivity index (χ0v) is 11.7. The fraction of sp³-hybridized carbons (Fsp3) is 0.533. The van der Waals surface area contributed by atoms with Gasteiger partial charge in [-0.05, 0) is 32.0 Å². The van der Waals surface area contributed by atoms with E-state index in [1.807, 2.05) is 4.90 Å². The molecule has 2 saturated heterocycles. The first kappa shape index (κ1) is 14.6. The number of anilines is 1. The van der Waals surface area contributed by atoms with Crippen LogP contribution in [0.25, 0.3) is 0 Å². The fourth-order valence-electron chi connectivity index (χ4n) is 2.22. The second-order valence-corrected chi connectivity index (χ2v) is 4.80. The number of hydrogen-bond donors (Lipinski definition) is 2. The SMILES string of the molecule is C#Cc1c[nH]c(=O)c(N2CCOCC2)c1.C1CCNC1. The van der Waals surface area contributed by atoms with Crippen LogP contribution in [0.15, 0.2) is 17.1 Å². The van der Waals surface area contributed by atoms with Crippen molar-refractivity contribution < 1.29 is 4.74 Å². The Morgan fingerprint density at radius 3 is 2.50 bits per heavy atom. The minimum Gasteiger partial charge on any atom is -0.378 e. The van der Waals surface area contributed by atoms with Crippen molar-refractivity contribution in [3.8, 4) is 12.3 Å². The minimum atomic E-state index is -0.101. The second kappa shape index (κ2) is 7.73. The maximum Gasteiger partial charge on any atom is 0.271 e. The predicted octanol–water partition coefficient (Wildman–Crippen LogP) is 0.563. The van der Waals surface area contributed by atoms with Crippen molar-refractivity contribution in [1.29, 1.82) is 0 Å². The molecule has 0 aromatic carbocycles. The number of aromatic nitrogens is 1. The van der Waals surface area contributed by atoms with Crippen LogP contribution >= 0.6 is 0 Å². The van der Waals surface area contributed by atoms with Crippen LogP contribution in [0.2, 0.25) is 0 Å². The van der Waals surface area contributed by atoms with Gasteiger partial charge < -0.3 is 19.9 Å². The Morgan fingerprint density at radius 2 is 1.95 bits per heavy atom. The Bertz CT molecular complexity index is 501. The van der Waals surface area contributed by atoms with Gasteiger partial charge in [0.25, 0.3) is 5.56 Å². The number of ether oxygens (including phenoxy) is 1. The van der Waals surface area contributed by atoms with Crippen molar-refractivity contribution in [2.75, 3.05) is 44.3 Å². The molecule has 0 bridgehead atoms. The summed E-state index contributed by atoms with van der Waals surface area (Å²) < 4.78 is 5.22. The van der Waals surface area contributed by atoms with Crippen molar-refractivity contribution >= 4 is 5.69 Å². The van der Waals surface area contributed by atoms with Gasteiger partial charge >= 0.3 is 0 Å². The number of H-pyrrole nitrogens is 1. The molecule has 3 heterocycles. The number of morpholine rings is 1. The molecule has 1 aromatic heterocycles. The van der Waals surface area contributed by atoms with Crippen LogP contribution in [0.4, 0.5) is 5.69 Å². The van der Waals surface area contributed by atoms with E-state index in [1.165, 1.54) is 25.9 Å². The highest BCUT2D eigenvalue weighted by Gasteiger charge is 2.14. The van der Waals surface area contributed by atoms with Gasteiger partial charge in [0.1, 0.15) is 5.69 Å². The quantitative estimate of drug-likeness (QED) is 0.736. The summed E-state index contributed by atoms with van der Waals surface area (Å²) in [5.41, 5.74) is 1.22. The van der Waals surface area contributed by atoms with Crippen LogP contribution in [0, 0.1) is 12.3 Å². The molecule has 5 nitrogen and oxygen atoms in total. The third-order valence-electron chi connectivity index (χ3n) is 3.36. The Hall–Kier alpha value is -1.77. The maximum atomic E-state index is 11.6. The molecule has 2 aliphatic rings. The first-order valence-corrected chi connectivity index (χ1v) is 7.04. The molecule has 2 N–H and O–H groups in total. The number of rotatable bonds is 1. The van der Waals surface area contributed by atoms with Crippen LogP contribution in [0.5, 0.6) is 0 Å². The minimum absolute atomic E-state index is 0.101. The summed E-state index contributed by atoms with van der Waals surface area (Å²) in [6.07, 6.45) is 9.61. The van der Waals surface area contributed by atoms with Crippen LogP contribution in [0.3, 0.4) is 0 Å². The highest BCUT2D eigenvalue weighted by Crippen LogP contribution is 2.11. The smallest absolute Gasteiger partial charge is 0.271 e. The van der Waals surface area contributed by atoms with Crippen molar-refractivity contribution in [1.82, 2.24) is 10.3 Å². The summed E-state index contributed by atoms with van der Waals surface area (Å²) in [4.78, 5) is 16.2. The molecule has 2 aliphatic heterocycles. The van der Waals surface area contributed by atoms with Gasteiger partial charge in [0.2, 0.25) is 0 Å². The van der Waals surface area contributed by atoms with Crippen molar-refractivity contribution in [2.24, 2.45) is 0 Å². The summed E-state index contributed by atoms with van der Waals surface area (Å²) in [5.74, 6) is 2.51. The van der Waals surface area contributed by atoms with Gasteiger partial charge in [0, 0.05) is 24.8 Å². The third kappa shape index (κ3) is 4.12. The zero-order valence-electron chi connectivity index (χ0n) is 11.7. The fourth-order valence-corrected chi connectivity index (χ4v) is 2.22. The van der Waals surface area contributed by atoms with Gasteiger partial charge in [0.05, 0.1) is 13.2 Å². The lowest BCUT2D eigenvalue weighted by Gasteiger charge is -2.27. The predicted molar refractivity (Wildman–Crippen MR) is 80.1 cm³/mol. The number of nitrogens with one attached hydrogen (secondary N) is 2. The molecule has 0 atom stereocenters. The molecule has 5 heteroatoms. The van der Waals surface area contributed by atoms with Crippen molar-refractivity contribution in [3.63, 3.8) is 0 Å². The normalized spacial score (nSPS) is 18.1. The number of pyridine rings is 1. The monoisotopic (exact) mass is 275 g/mol. The maximum absolute atomic E-state index is 11.6. The molecular weight excluding hydrogens is 254 g/mol. The lowest BCUT2D eigenvalue weighted by atomic mass is 10.2. The molecule has 0 amide bonds. The molecule has 2 fully saturated rings. The van der Waals surface area contributed by atoms with Gasteiger partial charge in [-0.3, -0.25) is 4.79 Å². The highest BCUT2D eigenvalue weighted by molar-refractivity contribution is 5.49. The Morgan fingerprint density at radius 1 is 1.25 bits per heavy atom. The van der Waals surface area contributed by atoms with E-state index in [2.05, 4.69) is 16.2 Å². The van der Waals surface area contributed by atoms with E-state index < -0.39 is 0 Å². The summed E-state index contributed by atoms with van der Waals surface area (Å²) in [6, 6.07) is 1.74. The summed E-state index contributed by atoms with van der Waals surface area (Å²) in [5, 5.41) is 3.22. The topological polar surface area (TPSA) is 57.4 Å². The van der Waals surface area contributed by atoms with Crippen LogP contribution < -0.4 is 15.8 Å². The average molecular weight is 275 g/mol. The van der Waals surface area contributed by atoms with Gasteiger partial charge in [-0.15, -0.1) is 6.42 Å². The van der Waals surface area contributed by atoms with Gasteiger partial charge in [-0.2, -0.15) is 0 Å². The van der Waals surface area contributed by atoms with Crippen molar-refractivity contribution in [2.45, 2.75) is 12.8 Å². The van der Waals surface area contributed by atoms with E-state index >= 15 is 0 Å². The summed E-state index contributed by atoms with van der Waals surface area (Å²) >= 11 is 0. The number of terminal acetylenes is 1. The van der Waals surface area contributed by atoms with E-state index in [-0.39, 0.29) is 5.56 Å². The lowest BCUT2D eigenvalue weighted by molar-refractivity contribution is 0.122. The van der Waals surface area contributed by atoms with Crippen LogP contribution in [0.1, 0.15) is 18.4 Å². The van der Waals surface area contributed by atoms with E-state index in [4.69, 9.17) is 11.2 Å². The second-order valence-electron chi connectivity index (χ2n) is 4.80. The molecule has 0 radical (unpaired) electrons. The molecule has 0 unspecified atom stereocenters. The van der Waals surface area contributed by atoms with E-state index in [9.17, 15) is 4.79 Å². The lowest BCUT2D eigenvalue weighted by Crippen LogP contribution is -2.39. The van der Waals surface area contributed by atoms with Crippen LogP contribution in [-0.2, 0) is 4.74 Å². The summed E-state index contributed by atoms with van der Waals surface area (Å²) in [7, 11) is 0. The molecule has 1 aromatic rings. The molecule has 0 spiro atoms. The molecular formula is C15H21N3O2. The van der Waals surface area contributed by atoms with Gasteiger partial charge in [-0.1, -0.05) is 5.92 Å². The highest BCUT2D eigenvalue weighted by atomic mass is 16.5. The number of hydrogen-bond acceptors (Lipinski definition) is 4. The molecule has 20 heavy (non-hydrogen) atoms. The Labute approximate surface area is 119 Å². The molecule has 3 rings (SSSR count). The third-order valence-corrected chi connectivity index (χ3v) is 3.36. The average Bonchev–Trinajstić information content (AvgIpc) is 3.08. The van der Waals surface area contributed by atoms with E-state index in [0.29, 0.717) is 24.5 Å². The zero-order chi connectivity index (χ0) is 14.2. The van der Waals surface area contributed by atoms with Gasteiger partial charge in [-0.25, -0.2) is 0 Å². The number of aromatic amines is 1. The molecule has 0 aliphatic carbocycles. The Balaban J connectivity index is 0.000000247. The Kier molecular flexibility index (Phi) is 5.66. The molecule has 0 saturated carbocycles. The van der Waals surface area contributed by atoms with Crippen molar-refractivity contribution in [3.05, 3.63) is 28.2 Å². The van der Waals surface area contributed by atoms with Crippen LogP contribution in [-0.4, -0.2) is 44.4 Å². The molecule has 108 valence electrons. The first-order chi connectivity index (χ1) is 9.81. The van der Waals surface area contributed by atoms with Gasteiger partial charge in [0.15, 0.2) is 0 Å². The summed E-state index contributed by atoms with van der Waals surface area (Å²) in [6.45, 7) is 5.27. The first-order valence-electron chi connectivity index (χ1n) is 7.04. The largest absolute Gasteiger partial charge is 0.378 e. The van der Waals surface area contributed by atoms with E-state index in [1.54, 1.807) is 12.3 Å².